The number of nitriles is 1. The molecule has 78 valence electrons. The van der Waals surface area contributed by atoms with Crippen LogP contribution in [0, 0.1) is 11.3 Å². The molecule has 1 aromatic carbocycles. The summed E-state index contributed by atoms with van der Waals surface area (Å²) in [6, 6.07) is 10.3. The number of thiophene rings is 1. The fourth-order valence-corrected chi connectivity index (χ4v) is 2.63. The molecule has 0 saturated heterocycles. The van der Waals surface area contributed by atoms with Crippen LogP contribution in [0.1, 0.15) is 10.4 Å². The highest BCUT2D eigenvalue weighted by Gasteiger charge is 2.09. The molecule has 2 rings (SSSR count). The van der Waals surface area contributed by atoms with Gasteiger partial charge in [0.05, 0.1) is 0 Å². The van der Waals surface area contributed by atoms with Crippen molar-refractivity contribution >= 4 is 33.8 Å². The molecule has 15 heavy (non-hydrogen) atoms. The summed E-state index contributed by atoms with van der Waals surface area (Å²) < 4.78 is 1.17. The zero-order valence-electron chi connectivity index (χ0n) is 8.06. The molecule has 0 aliphatic carbocycles. The predicted octanol–water partition coefficient (Wildman–Crippen LogP) is 2.70. The molecule has 0 spiro atoms. The Labute approximate surface area is 98.7 Å². The molecule has 4 heteroatoms. The van der Waals surface area contributed by atoms with Crippen LogP contribution in [0.5, 0.6) is 0 Å². The summed E-state index contributed by atoms with van der Waals surface area (Å²) in [6.07, 6.45) is 0.785. The maximum Gasteiger partial charge on any atom is 0.110 e. The second kappa shape index (κ2) is 5.13. The van der Waals surface area contributed by atoms with Gasteiger partial charge in [-0.05, 0) is 30.0 Å². The number of nitrogens with two attached hydrogens (primary N) is 1. The summed E-state index contributed by atoms with van der Waals surface area (Å²) in [6.45, 7) is 0.593. The van der Waals surface area contributed by atoms with E-state index in [2.05, 4.69) is 12.1 Å². The van der Waals surface area contributed by atoms with Crippen LogP contribution in [0.4, 0.5) is 0 Å². The van der Waals surface area contributed by atoms with Crippen LogP contribution in [0.2, 0.25) is 0 Å². The highest BCUT2D eigenvalue weighted by Crippen LogP contribution is 2.30. The van der Waals surface area contributed by atoms with Gasteiger partial charge >= 0.3 is 0 Å². The lowest BCUT2D eigenvalue weighted by Crippen LogP contribution is -2.02. The number of fused-ring (bicyclic) bond motifs is 1. The zero-order chi connectivity index (χ0) is 9.97. The molecule has 2 aromatic rings. The molecule has 0 amide bonds. The number of nitrogens with zero attached hydrogens (tertiary/aromatic N) is 1. The monoisotopic (exact) mass is 238 g/mol. The van der Waals surface area contributed by atoms with Gasteiger partial charge in [-0.1, -0.05) is 18.2 Å². The molecule has 0 aliphatic heterocycles. The molecule has 0 atom stereocenters. The maximum absolute atomic E-state index is 8.97. The average molecular weight is 239 g/mol. The number of halogens is 1. The summed E-state index contributed by atoms with van der Waals surface area (Å²) in [5.41, 5.74) is 6.64. The quantitative estimate of drug-likeness (QED) is 0.875. The number of benzene rings is 1. The fourth-order valence-electron chi connectivity index (χ4n) is 1.58. The van der Waals surface area contributed by atoms with Crippen LogP contribution in [0.3, 0.4) is 0 Å². The van der Waals surface area contributed by atoms with Crippen LogP contribution < -0.4 is 5.73 Å². The van der Waals surface area contributed by atoms with Gasteiger partial charge < -0.3 is 5.73 Å². The summed E-state index contributed by atoms with van der Waals surface area (Å²) in [7, 11) is 0. The summed E-state index contributed by atoms with van der Waals surface area (Å²) in [5, 5.41) is 10.1. The first-order valence-electron chi connectivity index (χ1n) is 4.47. The molecule has 2 nitrogen and oxygen atoms in total. The van der Waals surface area contributed by atoms with Gasteiger partial charge in [0.25, 0.3) is 0 Å². The lowest BCUT2D eigenvalue weighted by atomic mass is 10.1. The smallest absolute Gasteiger partial charge is 0.110 e. The van der Waals surface area contributed by atoms with Gasteiger partial charge in [-0.15, -0.1) is 23.7 Å². The van der Waals surface area contributed by atoms with Crippen molar-refractivity contribution in [2.75, 3.05) is 6.54 Å². The molecule has 0 saturated carbocycles. The van der Waals surface area contributed by atoms with E-state index in [1.54, 1.807) is 11.3 Å². The van der Waals surface area contributed by atoms with E-state index in [-0.39, 0.29) is 12.4 Å². The van der Waals surface area contributed by atoms with Crippen molar-refractivity contribution in [3.63, 3.8) is 0 Å². The normalized spacial score (nSPS) is 9.60. The van der Waals surface area contributed by atoms with Crippen LogP contribution >= 0.6 is 23.7 Å². The molecular weight excluding hydrogens is 228 g/mol. The van der Waals surface area contributed by atoms with E-state index in [1.165, 1.54) is 10.1 Å². The standard InChI is InChI=1S/C11H10N2S.ClH/c12-6-5-9-8-3-1-2-4-10(8)14-11(9)7-13;/h1-4H,5-6,12H2;1H. The van der Waals surface area contributed by atoms with Crippen LogP contribution in [0.25, 0.3) is 10.1 Å². The first-order valence-corrected chi connectivity index (χ1v) is 5.29. The molecule has 0 aliphatic rings. The number of hydrogen-bond acceptors (Lipinski definition) is 3. The van der Waals surface area contributed by atoms with Gasteiger partial charge in [0, 0.05) is 4.70 Å². The fraction of sp³-hybridized carbons (Fsp3) is 0.182. The third kappa shape index (κ3) is 2.13. The summed E-state index contributed by atoms with van der Waals surface area (Å²) >= 11 is 1.55. The summed E-state index contributed by atoms with van der Waals surface area (Å²) in [5.74, 6) is 0. The molecule has 2 N–H and O–H groups in total. The molecule has 0 unspecified atom stereocenters. The van der Waals surface area contributed by atoms with Crippen molar-refractivity contribution in [3.8, 4) is 6.07 Å². The Morgan fingerprint density at radius 3 is 2.73 bits per heavy atom. The molecule has 1 aromatic heterocycles. The second-order valence-electron chi connectivity index (χ2n) is 3.06. The number of hydrogen-bond donors (Lipinski definition) is 1. The third-order valence-corrected chi connectivity index (χ3v) is 3.31. The first-order chi connectivity index (χ1) is 6.86. The molecule has 0 radical (unpaired) electrons. The van der Waals surface area contributed by atoms with E-state index in [9.17, 15) is 0 Å². The molecule has 1 heterocycles. The topological polar surface area (TPSA) is 49.8 Å². The highest BCUT2D eigenvalue weighted by molar-refractivity contribution is 7.19. The van der Waals surface area contributed by atoms with Crippen molar-refractivity contribution in [1.82, 2.24) is 0 Å². The lowest BCUT2D eigenvalue weighted by Gasteiger charge is -1.95. The second-order valence-corrected chi connectivity index (χ2v) is 4.11. The van der Waals surface area contributed by atoms with Crippen LogP contribution in [-0.4, -0.2) is 6.54 Å². The van der Waals surface area contributed by atoms with E-state index in [0.717, 1.165) is 16.9 Å². The SMILES string of the molecule is Cl.N#Cc1sc2ccccc2c1CCN. The van der Waals surface area contributed by atoms with Gasteiger partial charge in [0.2, 0.25) is 0 Å². The molecule has 0 fully saturated rings. The van der Waals surface area contributed by atoms with E-state index in [1.807, 2.05) is 18.2 Å². The first kappa shape index (κ1) is 12.0. The predicted molar refractivity (Wildman–Crippen MR) is 66.5 cm³/mol. The minimum absolute atomic E-state index is 0. The average Bonchev–Trinajstić information content (AvgIpc) is 2.58. The minimum atomic E-state index is 0. The Balaban J connectivity index is 0.00000112. The minimum Gasteiger partial charge on any atom is -0.330 e. The van der Waals surface area contributed by atoms with Crippen molar-refractivity contribution in [1.29, 1.82) is 5.26 Å². The maximum atomic E-state index is 8.97. The Bertz CT molecular complexity index is 499. The van der Waals surface area contributed by atoms with Gasteiger partial charge in [0.1, 0.15) is 10.9 Å². The van der Waals surface area contributed by atoms with Gasteiger partial charge in [-0.2, -0.15) is 5.26 Å². The van der Waals surface area contributed by atoms with Crippen molar-refractivity contribution in [2.24, 2.45) is 5.73 Å². The van der Waals surface area contributed by atoms with Crippen LogP contribution in [0.15, 0.2) is 24.3 Å². The lowest BCUT2D eigenvalue weighted by molar-refractivity contribution is 0.978. The van der Waals surface area contributed by atoms with Crippen LogP contribution in [-0.2, 0) is 6.42 Å². The van der Waals surface area contributed by atoms with E-state index in [0.29, 0.717) is 6.54 Å². The van der Waals surface area contributed by atoms with Gasteiger partial charge in [0.15, 0.2) is 0 Å². The number of rotatable bonds is 2. The Hall–Kier alpha value is -1.08. The Morgan fingerprint density at radius 2 is 2.07 bits per heavy atom. The van der Waals surface area contributed by atoms with Gasteiger partial charge in [-0.3, -0.25) is 0 Å². The molecule has 0 bridgehead atoms. The Kier molecular flexibility index (Phi) is 4.10. The molecular formula is C11H11ClN2S. The third-order valence-electron chi connectivity index (χ3n) is 2.19. The van der Waals surface area contributed by atoms with E-state index in [4.69, 9.17) is 11.0 Å². The van der Waals surface area contributed by atoms with E-state index < -0.39 is 0 Å². The van der Waals surface area contributed by atoms with Crippen molar-refractivity contribution in [3.05, 3.63) is 34.7 Å². The largest absolute Gasteiger partial charge is 0.330 e. The Morgan fingerprint density at radius 1 is 1.33 bits per heavy atom. The van der Waals surface area contributed by atoms with Crippen molar-refractivity contribution in [2.45, 2.75) is 6.42 Å². The van der Waals surface area contributed by atoms with Gasteiger partial charge in [-0.25, -0.2) is 0 Å². The van der Waals surface area contributed by atoms with Crippen molar-refractivity contribution < 1.29 is 0 Å². The summed E-state index contributed by atoms with van der Waals surface area (Å²) in [4.78, 5) is 0.802. The zero-order valence-corrected chi connectivity index (χ0v) is 9.70. The highest BCUT2D eigenvalue weighted by atomic mass is 35.5. The van der Waals surface area contributed by atoms with E-state index >= 15 is 0 Å².